The number of aryl methyl sites for hydroxylation is 1. The van der Waals surface area contributed by atoms with Crippen LogP contribution in [0.2, 0.25) is 0 Å². The molecule has 1 aliphatic heterocycles. The molecule has 1 heterocycles. The summed E-state index contributed by atoms with van der Waals surface area (Å²) in [4.78, 5) is 24.9. The maximum absolute atomic E-state index is 12.6. The zero-order chi connectivity index (χ0) is 14.3. The van der Waals surface area contributed by atoms with Gasteiger partial charge >= 0.3 is 0 Å². The van der Waals surface area contributed by atoms with Crippen LogP contribution in [-0.4, -0.2) is 16.8 Å². The lowest BCUT2D eigenvalue weighted by Crippen LogP contribution is -2.50. The SMILES string of the molecule is Cc1cccc2c1NC(=O)C(O)(c1ccccc1)C2=O. The van der Waals surface area contributed by atoms with Crippen molar-refractivity contribution in [2.24, 2.45) is 0 Å². The second-order valence-electron chi connectivity index (χ2n) is 4.86. The zero-order valence-corrected chi connectivity index (χ0v) is 10.9. The largest absolute Gasteiger partial charge is 0.369 e. The summed E-state index contributed by atoms with van der Waals surface area (Å²) in [6, 6.07) is 13.4. The van der Waals surface area contributed by atoms with Gasteiger partial charge in [-0.1, -0.05) is 42.5 Å². The molecule has 20 heavy (non-hydrogen) atoms. The summed E-state index contributed by atoms with van der Waals surface area (Å²) in [6.45, 7) is 1.80. The van der Waals surface area contributed by atoms with Crippen molar-refractivity contribution < 1.29 is 14.7 Å². The van der Waals surface area contributed by atoms with Crippen molar-refractivity contribution >= 4 is 17.4 Å². The van der Waals surface area contributed by atoms with E-state index >= 15 is 0 Å². The third-order valence-electron chi connectivity index (χ3n) is 3.60. The number of ketones is 1. The monoisotopic (exact) mass is 267 g/mol. The van der Waals surface area contributed by atoms with Gasteiger partial charge in [0.15, 0.2) is 0 Å². The molecule has 0 aliphatic carbocycles. The predicted octanol–water partition coefficient (Wildman–Crippen LogP) is 2.02. The molecular formula is C16H13NO3. The van der Waals surface area contributed by atoms with Crippen LogP contribution < -0.4 is 5.32 Å². The van der Waals surface area contributed by atoms with Crippen LogP contribution in [-0.2, 0) is 10.4 Å². The van der Waals surface area contributed by atoms with Gasteiger partial charge in [-0.3, -0.25) is 9.59 Å². The van der Waals surface area contributed by atoms with Gasteiger partial charge in [-0.25, -0.2) is 0 Å². The van der Waals surface area contributed by atoms with Crippen LogP contribution in [0.1, 0.15) is 21.5 Å². The van der Waals surface area contributed by atoms with Crippen LogP contribution in [0.5, 0.6) is 0 Å². The molecule has 4 heteroatoms. The van der Waals surface area contributed by atoms with Crippen LogP contribution in [0.3, 0.4) is 0 Å². The molecule has 0 fully saturated rings. The van der Waals surface area contributed by atoms with E-state index in [1.165, 1.54) is 0 Å². The molecule has 0 bridgehead atoms. The van der Waals surface area contributed by atoms with Gasteiger partial charge in [-0.2, -0.15) is 0 Å². The first kappa shape index (κ1) is 12.6. The molecule has 1 unspecified atom stereocenters. The van der Waals surface area contributed by atoms with Gasteiger partial charge in [0.2, 0.25) is 11.4 Å². The summed E-state index contributed by atoms with van der Waals surface area (Å²) in [5.41, 5.74) is -0.296. The second kappa shape index (κ2) is 4.28. The average molecular weight is 267 g/mol. The Morgan fingerprint density at radius 3 is 2.40 bits per heavy atom. The molecule has 1 amide bonds. The zero-order valence-electron chi connectivity index (χ0n) is 10.9. The lowest BCUT2D eigenvalue weighted by molar-refractivity contribution is -0.130. The minimum absolute atomic E-state index is 0.273. The highest BCUT2D eigenvalue weighted by atomic mass is 16.3. The van der Waals surface area contributed by atoms with E-state index in [2.05, 4.69) is 5.32 Å². The van der Waals surface area contributed by atoms with Gasteiger partial charge in [0.25, 0.3) is 5.91 Å². The Balaban J connectivity index is 2.21. The fraction of sp³-hybridized carbons (Fsp3) is 0.125. The van der Waals surface area contributed by atoms with Gasteiger partial charge < -0.3 is 10.4 Å². The molecule has 1 atom stereocenters. The number of aliphatic hydroxyl groups is 1. The summed E-state index contributed by atoms with van der Waals surface area (Å²) in [7, 11) is 0. The van der Waals surface area contributed by atoms with E-state index in [1.807, 2.05) is 0 Å². The van der Waals surface area contributed by atoms with Gasteiger partial charge in [0.05, 0.1) is 5.69 Å². The first-order valence-electron chi connectivity index (χ1n) is 6.29. The Labute approximate surface area is 116 Å². The Morgan fingerprint density at radius 2 is 1.70 bits per heavy atom. The number of amides is 1. The van der Waals surface area contributed by atoms with E-state index in [4.69, 9.17) is 0 Å². The molecule has 2 N–H and O–H groups in total. The molecule has 0 spiro atoms. The van der Waals surface area contributed by atoms with Gasteiger partial charge in [0, 0.05) is 11.1 Å². The number of benzene rings is 2. The van der Waals surface area contributed by atoms with Crippen LogP contribution in [0.25, 0.3) is 0 Å². The third kappa shape index (κ3) is 1.58. The fourth-order valence-electron chi connectivity index (χ4n) is 2.47. The third-order valence-corrected chi connectivity index (χ3v) is 3.60. The molecule has 2 aromatic rings. The normalized spacial score (nSPS) is 21.3. The number of carbonyl (C=O) groups is 2. The van der Waals surface area contributed by atoms with Crippen molar-refractivity contribution in [1.29, 1.82) is 0 Å². The topological polar surface area (TPSA) is 66.4 Å². The Morgan fingerprint density at radius 1 is 1.00 bits per heavy atom. The summed E-state index contributed by atoms with van der Waals surface area (Å²) < 4.78 is 0. The quantitative estimate of drug-likeness (QED) is 0.777. The second-order valence-corrected chi connectivity index (χ2v) is 4.86. The molecule has 1 aliphatic rings. The molecule has 0 saturated carbocycles. The number of fused-ring (bicyclic) bond motifs is 1. The van der Waals surface area contributed by atoms with E-state index in [1.54, 1.807) is 55.5 Å². The lowest BCUT2D eigenvalue weighted by atomic mass is 9.81. The van der Waals surface area contributed by atoms with Crippen LogP contribution in [0.15, 0.2) is 48.5 Å². The summed E-state index contributed by atoms with van der Waals surface area (Å²) in [5, 5.41) is 13.3. The summed E-state index contributed by atoms with van der Waals surface area (Å²) in [6.07, 6.45) is 0. The van der Waals surface area contributed by atoms with E-state index in [0.29, 0.717) is 11.3 Å². The number of rotatable bonds is 1. The Hall–Kier alpha value is -2.46. The van der Waals surface area contributed by atoms with Gasteiger partial charge in [-0.15, -0.1) is 0 Å². The van der Waals surface area contributed by atoms with Crippen LogP contribution >= 0.6 is 0 Å². The average Bonchev–Trinajstić information content (AvgIpc) is 2.47. The first-order valence-corrected chi connectivity index (χ1v) is 6.29. The van der Waals surface area contributed by atoms with E-state index < -0.39 is 17.3 Å². The van der Waals surface area contributed by atoms with Crippen molar-refractivity contribution in [3.63, 3.8) is 0 Å². The smallest absolute Gasteiger partial charge is 0.269 e. The van der Waals surface area contributed by atoms with Gasteiger partial charge in [-0.05, 0) is 18.6 Å². The molecule has 2 aromatic carbocycles. The highest BCUT2D eigenvalue weighted by Crippen LogP contribution is 2.36. The molecule has 4 nitrogen and oxygen atoms in total. The summed E-state index contributed by atoms with van der Waals surface area (Å²) in [5.74, 6) is -1.30. The number of hydrogen-bond donors (Lipinski definition) is 2. The van der Waals surface area contributed by atoms with Crippen molar-refractivity contribution in [2.75, 3.05) is 5.32 Å². The maximum Gasteiger partial charge on any atom is 0.269 e. The Kier molecular flexibility index (Phi) is 2.69. The van der Waals surface area contributed by atoms with Gasteiger partial charge in [0.1, 0.15) is 0 Å². The number of hydrogen-bond acceptors (Lipinski definition) is 3. The van der Waals surface area contributed by atoms with E-state index in [9.17, 15) is 14.7 Å². The van der Waals surface area contributed by atoms with E-state index in [0.717, 1.165) is 5.56 Å². The highest BCUT2D eigenvalue weighted by Gasteiger charge is 2.50. The molecular weight excluding hydrogens is 254 g/mol. The number of Topliss-reactive ketones (excluding diaryl/α,β-unsaturated/α-hetero) is 1. The summed E-state index contributed by atoms with van der Waals surface area (Å²) >= 11 is 0. The molecule has 0 aromatic heterocycles. The number of nitrogens with one attached hydrogen (secondary N) is 1. The Bertz CT molecular complexity index is 709. The number of carbonyl (C=O) groups excluding carboxylic acids is 2. The van der Waals surface area contributed by atoms with Crippen molar-refractivity contribution in [3.8, 4) is 0 Å². The minimum Gasteiger partial charge on any atom is -0.369 e. The lowest BCUT2D eigenvalue weighted by Gasteiger charge is -2.32. The fourth-order valence-corrected chi connectivity index (χ4v) is 2.47. The van der Waals surface area contributed by atoms with Crippen LogP contribution in [0, 0.1) is 6.92 Å². The standard InChI is InChI=1S/C16H13NO3/c1-10-6-5-9-12-13(10)17-15(19)16(20,14(12)18)11-7-3-2-4-8-11/h2-9,20H,1H3,(H,17,19). The number of para-hydroxylation sites is 1. The van der Waals surface area contributed by atoms with E-state index in [-0.39, 0.29) is 5.56 Å². The molecule has 100 valence electrons. The minimum atomic E-state index is -2.16. The molecule has 0 saturated heterocycles. The number of anilines is 1. The van der Waals surface area contributed by atoms with Crippen molar-refractivity contribution in [2.45, 2.75) is 12.5 Å². The maximum atomic E-state index is 12.6. The molecule has 3 rings (SSSR count). The van der Waals surface area contributed by atoms with Crippen molar-refractivity contribution in [3.05, 3.63) is 65.2 Å². The van der Waals surface area contributed by atoms with Crippen molar-refractivity contribution in [1.82, 2.24) is 0 Å². The predicted molar refractivity (Wildman–Crippen MR) is 74.5 cm³/mol. The molecule has 0 radical (unpaired) electrons. The highest BCUT2D eigenvalue weighted by molar-refractivity contribution is 6.26. The first-order chi connectivity index (χ1) is 9.55. The van der Waals surface area contributed by atoms with Crippen LogP contribution in [0.4, 0.5) is 5.69 Å².